The van der Waals surface area contributed by atoms with E-state index >= 15 is 0 Å². The van der Waals surface area contributed by atoms with Gasteiger partial charge in [0.15, 0.2) is 5.96 Å². The predicted octanol–water partition coefficient (Wildman–Crippen LogP) is 3.25. The maximum absolute atomic E-state index is 13.3. The third-order valence-electron chi connectivity index (χ3n) is 3.43. The van der Waals surface area contributed by atoms with Gasteiger partial charge in [-0.2, -0.15) is 0 Å². The summed E-state index contributed by atoms with van der Waals surface area (Å²) in [4.78, 5) is 4.54. The van der Waals surface area contributed by atoms with E-state index in [2.05, 4.69) is 15.6 Å². The van der Waals surface area contributed by atoms with Crippen LogP contribution in [0.5, 0.6) is 0 Å². The number of methoxy groups -OCH3 is 1. The predicted molar refractivity (Wildman–Crippen MR) is 111 cm³/mol. The molecule has 0 aliphatic rings. The fourth-order valence-electron chi connectivity index (χ4n) is 2.10. The summed E-state index contributed by atoms with van der Waals surface area (Å²) >= 11 is 0. The van der Waals surface area contributed by atoms with Crippen molar-refractivity contribution in [1.29, 1.82) is 0 Å². The van der Waals surface area contributed by atoms with E-state index in [-0.39, 0.29) is 29.8 Å². The molecular formula is C18H31FIN3O2. The molecule has 2 N–H and O–H groups in total. The van der Waals surface area contributed by atoms with Gasteiger partial charge in [0.25, 0.3) is 0 Å². The molecule has 144 valence electrons. The minimum absolute atomic E-state index is 0. The topological polar surface area (TPSA) is 54.9 Å². The van der Waals surface area contributed by atoms with E-state index in [1.54, 1.807) is 20.1 Å². The monoisotopic (exact) mass is 467 g/mol. The van der Waals surface area contributed by atoms with Crippen molar-refractivity contribution in [2.24, 2.45) is 4.99 Å². The van der Waals surface area contributed by atoms with E-state index in [1.807, 2.05) is 13.0 Å². The van der Waals surface area contributed by atoms with E-state index in [0.29, 0.717) is 25.3 Å². The number of guanidine groups is 1. The molecule has 1 aromatic rings. The highest BCUT2D eigenvalue weighted by Crippen LogP contribution is 2.09. The maximum atomic E-state index is 13.3. The minimum atomic E-state index is -0.180. The average molecular weight is 467 g/mol. The number of hydrogen-bond acceptors (Lipinski definition) is 3. The second-order valence-corrected chi connectivity index (χ2v) is 5.52. The van der Waals surface area contributed by atoms with Gasteiger partial charge in [-0.25, -0.2) is 9.38 Å². The van der Waals surface area contributed by atoms with Crippen LogP contribution in [0.4, 0.5) is 4.39 Å². The Kier molecular flexibility index (Phi) is 14.8. The van der Waals surface area contributed by atoms with Crippen molar-refractivity contribution < 1.29 is 13.9 Å². The van der Waals surface area contributed by atoms with E-state index in [1.165, 1.54) is 6.07 Å². The van der Waals surface area contributed by atoms with Crippen LogP contribution in [0.3, 0.4) is 0 Å². The quantitative estimate of drug-likeness (QED) is 0.227. The van der Waals surface area contributed by atoms with Crippen LogP contribution in [0.15, 0.2) is 23.2 Å². The maximum Gasteiger partial charge on any atom is 0.191 e. The van der Waals surface area contributed by atoms with E-state index in [4.69, 9.17) is 9.47 Å². The first-order valence-corrected chi connectivity index (χ1v) is 8.51. The summed E-state index contributed by atoms with van der Waals surface area (Å²) in [5.74, 6) is 0.597. The summed E-state index contributed by atoms with van der Waals surface area (Å²) in [6, 6.07) is 5.09. The summed E-state index contributed by atoms with van der Waals surface area (Å²) < 4.78 is 23.6. The molecule has 0 unspecified atom stereocenters. The van der Waals surface area contributed by atoms with Crippen LogP contribution < -0.4 is 10.6 Å². The first kappa shape index (κ1) is 24.1. The summed E-state index contributed by atoms with van der Waals surface area (Å²) in [7, 11) is 1.67. The van der Waals surface area contributed by atoms with Gasteiger partial charge in [-0.15, -0.1) is 24.0 Å². The third-order valence-corrected chi connectivity index (χ3v) is 3.43. The van der Waals surface area contributed by atoms with Gasteiger partial charge in [-0.3, -0.25) is 0 Å². The highest BCUT2D eigenvalue weighted by atomic mass is 127. The first-order chi connectivity index (χ1) is 11.7. The Morgan fingerprint density at radius 2 is 1.96 bits per heavy atom. The van der Waals surface area contributed by atoms with Gasteiger partial charge in [-0.1, -0.05) is 12.1 Å². The lowest BCUT2D eigenvalue weighted by Crippen LogP contribution is -2.37. The summed E-state index contributed by atoms with van der Waals surface area (Å²) in [6.07, 6.45) is 2.00. The van der Waals surface area contributed by atoms with Gasteiger partial charge in [0.05, 0.1) is 19.8 Å². The molecule has 0 aliphatic carbocycles. The van der Waals surface area contributed by atoms with Crippen LogP contribution in [0.2, 0.25) is 0 Å². The Balaban J connectivity index is 0.00000576. The summed E-state index contributed by atoms with van der Waals surface area (Å²) in [5.41, 5.74) is 1.65. The molecule has 0 spiro atoms. The Morgan fingerprint density at radius 1 is 1.16 bits per heavy atom. The molecule has 0 heterocycles. The number of hydrogen-bond donors (Lipinski definition) is 2. The number of benzene rings is 1. The van der Waals surface area contributed by atoms with Crippen LogP contribution >= 0.6 is 24.0 Å². The van der Waals surface area contributed by atoms with E-state index in [0.717, 1.165) is 44.1 Å². The number of unbranched alkanes of at least 4 members (excludes halogenated alkanes) is 1. The third kappa shape index (κ3) is 11.3. The number of nitrogens with one attached hydrogen (secondary N) is 2. The zero-order chi connectivity index (χ0) is 17.6. The molecule has 7 heteroatoms. The zero-order valence-corrected chi connectivity index (χ0v) is 17.8. The van der Waals surface area contributed by atoms with Gasteiger partial charge in [-0.05, 0) is 43.9 Å². The standard InChI is InChI=1S/C18H30FN3O2.HI/c1-4-20-18(21-9-5-6-10-24-12-11-23-3)22-14-16-7-8-17(19)15(2)13-16;/h7-8,13H,4-6,9-12,14H2,1-3H3,(H2,20,21,22);1H. The van der Waals surface area contributed by atoms with Crippen molar-refractivity contribution in [2.45, 2.75) is 33.2 Å². The minimum Gasteiger partial charge on any atom is -0.382 e. The molecule has 1 aromatic carbocycles. The molecule has 0 saturated heterocycles. The van der Waals surface area contributed by atoms with Crippen molar-refractivity contribution in [3.05, 3.63) is 35.1 Å². The lowest BCUT2D eigenvalue weighted by atomic mass is 10.1. The lowest BCUT2D eigenvalue weighted by molar-refractivity contribution is 0.0689. The molecule has 0 amide bonds. The second kappa shape index (κ2) is 15.3. The van der Waals surface area contributed by atoms with Crippen molar-refractivity contribution >= 4 is 29.9 Å². The Bertz CT molecular complexity index is 501. The van der Waals surface area contributed by atoms with Gasteiger partial charge in [0.2, 0.25) is 0 Å². The normalized spacial score (nSPS) is 11.1. The molecule has 0 atom stereocenters. The Labute approximate surface area is 167 Å². The Hall–Kier alpha value is -0.930. The molecule has 0 saturated carbocycles. The fourth-order valence-corrected chi connectivity index (χ4v) is 2.10. The van der Waals surface area contributed by atoms with Crippen molar-refractivity contribution in [1.82, 2.24) is 10.6 Å². The van der Waals surface area contributed by atoms with Crippen LogP contribution in [-0.4, -0.2) is 46.0 Å². The number of aryl methyl sites for hydroxylation is 1. The number of nitrogens with zero attached hydrogens (tertiary/aromatic N) is 1. The Morgan fingerprint density at radius 3 is 2.64 bits per heavy atom. The average Bonchev–Trinajstić information content (AvgIpc) is 2.58. The fraction of sp³-hybridized carbons (Fsp3) is 0.611. The van der Waals surface area contributed by atoms with Crippen LogP contribution in [0, 0.1) is 12.7 Å². The van der Waals surface area contributed by atoms with Crippen LogP contribution in [-0.2, 0) is 16.0 Å². The smallest absolute Gasteiger partial charge is 0.191 e. The highest BCUT2D eigenvalue weighted by Gasteiger charge is 2.00. The zero-order valence-electron chi connectivity index (χ0n) is 15.4. The van der Waals surface area contributed by atoms with Gasteiger partial charge in [0, 0.05) is 26.8 Å². The number of ether oxygens (including phenoxy) is 2. The van der Waals surface area contributed by atoms with E-state index in [9.17, 15) is 4.39 Å². The number of aliphatic imine (C=N–C) groups is 1. The lowest BCUT2D eigenvalue weighted by Gasteiger charge is -2.11. The highest BCUT2D eigenvalue weighted by molar-refractivity contribution is 14.0. The molecule has 25 heavy (non-hydrogen) atoms. The van der Waals surface area contributed by atoms with Gasteiger partial charge < -0.3 is 20.1 Å². The molecule has 1 rings (SSSR count). The second-order valence-electron chi connectivity index (χ2n) is 5.52. The molecule has 0 radical (unpaired) electrons. The van der Waals surface area contributed by atoms with Crippen molar-refractivity contribution in [2.75, 3.05) is 40.0 Å². The largest absolute Gasteiger partial charge is 0.382 e. The molecule has 0 bridgehead atoms. The van der Waals surface area contributed by atoms with E-state index < -0.39 is 0 Å². The number of rotatable bonds is 11. The SMILES string of the molecule is CCNC(=NCc1ccc(F)c(C)c1)NCCCCOCCOC.I. The van der Waals surface area contributed by atoms with Crippen molar-refractivity contribution in [3.8, 4) is 0 Å². The summed E-state index contributed by atoms with van der Waals surface area (Å²) in [6.45, 7) is 7.98. The van der Waals surface area contributed by atoms with Crippen LogP contribution in [0.1, 0.15) is 30.9 Å². The molecular weight excluding hydrogens is 436 g/mol. The molecule has 0 aromatic heterocycles. The van der Waals surface area contributed by atoms with Gasteiger partial charge >= 0.3 is 0 Å². The van der Waals surface area contributed by atoms with Gasteiger partial charge in [0.1, 0.15) is 5.82 Å². The van der Waals surface area contributed by atoms with Crippen molar-refractivity contribution in [3.63, 3.8) is 0 Å². The number of halogens is 2. The summed E-state index contributed by atoms with van der Waals surface area (Å²) in [5, 5.41) is 6.52. The molecule has 5 nitrogen and oxygen atoms in total. The first-order valence-electron chi connectivity index (χ1n) is 8.51. The molecule has 0 fully saturated rings. The van der Waals surface area contributed by atoms with Crippen LogP contribution in [0.25, 0.3) is 0 Å². The molecule has 0 aliphatic heterocycles.